The highest BCUT2D eigenvalue weighted by molar-refractivity contribution is 5.45. The minimum absolute atomic E-state index is 0.230. The Bertz CT molecular complexity index is 380. The van der Waals surface area contributed by atoms with Crippen LogP contribution in [-0.2, 0) is 16.8 Å². The summed E-state index contributed by atoms with van der Waals surface area (Å²) in [5.74, 6) is 0. The Kier molecular flexibility index (Phi) is 2.57. The van der Waals surface area contributed by atoms with E-state index in [9.17, 15) is 0 Å². The number of nitrogens with two attached hydrogens (primary N) is 1. The van der Waals surface area contributed by atoms with Crippen LogP contribution in [0.5, 0.6) is 0 Å². The summed E-state index contributed by atoms with van der Waals surface area (Å²) < 4.78 is 5.66. The predicted molar refractivity (Wildman–Crippen MR) is 62.0 cm³/mol. The summed E-state index contributed by atoms with van der Waals surface area (Å²) in [5, 5.41) is 0. The normalized spacial score (nSPS) is 24.3. The molecule has 2 rings (SSSR count). The van der Waals surface area contributed by atoms with Crippen LogP contribution in [0.4, 0.5) is 0 Å². The van der Waals surface area contributed by atoms with E-state index in [1.54, 1.807) is 7.11 Å². The molecule has 1 atom stereocenters. The molecule has 1 aromatic rings. The number of ether oxygens (including phenoxy) is 1. The van der Waals surface area contributed by atoms with Crippen LogP contribution in [0, 0.1) is 13.8 Å². The van der Waals surface area contributed by atoms with E-state index in [4.69, 9.17) is 10.5 Å². The summed E-state index contributed by atoms with van der Waals surface area (Å²) in [6, 6.07) is 4.47. The van der Waals surface area contributed by atoms with Gasteiger partial charge in [-0.25, -0.2) is 0 Å². The van der Waals surface area contributed by atoms with Crippen molar-refractivity contribution in [2.24, 2.45) is 5.73 Å². The van der Waals surface area contributed by atoms with Crippen molar-refractivity contribution in [3.8, 4) is 0 Å². The number of hydrogen-bond donors (Lipinski definition) is 1. The molecule has 0 amide bonds. The zero-order chi connectivity index (χ0) is 11.1. The lowest BCUT2D eigenvalue weighted by atomic mass is 9.93. The molecule has 0 saturated carbocycles. The molecule has 1 unspecified atom stereocenters. The fraction of sp³-hybridized carbons (Fsp3) is 0.538. The number of hydrogen-bond acceptors (Lipinski definition) is 2. The number of methoxy groups -OCH3 is 1. The summed E-state index contributed by atoms with van der Waals surface area (Å²) in [6.07, 6.45) is 2.10. The van der Waals surface area contributed by atoms with Crippen molar-refractivity contribution >= 4 is 0 Å². The maximum atomic E-state index is 5.87. The molecule has 15 heavy (non-hydrogen) atoms. The Labute approximate surface area is 91.4 Å². The molecule has 2 nitrogen and oxygen atoms in total. The molecule has 0 saturated heterocycles. The molecule has 1 aliphatic carbocycles. The van der Waals surface area contributed by atoms with Gasteiger partial charge in [0.15, 0.2) is 0 Å². The van der Waals surface area contributed by atoms with Gasteiger partial charge in [0.2, 0.25) is 0 Å². The summed E-state index contributed by atoms with van der Waals surface area (Å²) in [7, 11) is 1.76. The Morgan fingerprint density at radius 2 is 2.13 bits per heavy atom. The molecule has 0 radical (unpaired) electrons. The number of aryl methyl sites for hydroxylation is 2. The molecule has 1 aromatic carbocycles. The van der Waals surface area contributed by atoms with Crippen LogP contribution in [0.2, 0.25) is 0 Å². The van der Waals surface area contributed by atoms with Gasteiger partial charge in [0.1, 0.15) is 5.60 Å². The molecule has 0 heterocycles. The molecule has 0 aromatic heterocycles. The van der Waals surface area contributed by atoms with Crippen molar-refractivity contribution in [3.05, 3.63) is 34.4 Å². The number of fused-ring (bicyclic) bond motifs is 1. The van der Waals surface area contributed by atoms with Gasteiger partial charge < -0.3 is 10.5 Å². The summed E-state index contributed by atoms with van der Waals surface area (Å²) >= 11 is 0. The van der Waals surface area contributed by atoms with E-state index in [2.05, 4.69) is 26.0 Å². The van der Waals surface area contributed by atoms with Gasteiger partial charge in [-0.05, 0) is 43.4 Å². The van der Waals surface area contributed by atoms with Gasteiger partial charge in [0.05, 0.1) is 0 Å². The maximum absolute atomic E-state index is 5.87. The standard InChI is InChI=1S/C13H19NO/c1-9-6-10(2)11-4-5-13(8-14,15-3)12(11)7-9/h6-7H,4-5,8,14H2,1-3H3. The van der Waals surface area contributed by atoms with Gasteiger partial charge in [-0.2, -0.15) is 0 Å². The van der Waals surface area contributed by atoms with Gasteiger partial charge in [-0.3, -0.25) is 0 Å². The first-order chi connectivity index (χ1) is 7.13. The largest absolute Gasteiger partial charge is 0.372 e. The quantitative estimate of drug-likeness (QED) is 0.802. The monoisotopic (exact) mass is 205 g/mol. The zero-order valence-corrected chi connectivity index (χ0v) is 9.76. The van der Waals surface area contributed by atoms with Gasteiger partial charge in [0, 0.05) is 13.7 Å². The predicted octanol–water partition coefficient (Wildman–Crippen LogP) is 2.05. The van der Waals surface area contributed by atoms with Crippen molar-refractivity contribution in [3.63, 3.8) is 0 Å². The van der Waals surface area contributed by atoms with Gasteiger partial charge in [-0.15, -0.1) is 0 Å². The lowest BCUT2D eigenvalue weighted by Gasteiger charge is -2.27. The maximum Gasteiger partial charge on any atom is 0.105 e. The second kappa shape index (κ2) is 3.62. The average Bonchev–Trinajstić information content (AvgIpc) is 2.57. The topological polar surface area (TPSA) is 35.2 Å². The molecule has 82 valence electrons. The lowest BCUT2D eigenvalue weighted by Crippen LogP contribution is -2.34. The van der Waals surface area contributed by atoms with E-state index < -0.39 is 0 Å². The minimum atomic E-state index is -0.230. The fourth-order valence-corrected chi connectivity index (χ4v) is 2.70. The number of rotatable bonds is 2. The van der Waals surface area contributed by atoms with E-state index in [-0.39, 0.29) is 5.60 Å². The highest BCUT2D eigenvalue weighted by atomic mass is 16.5. The SMILES string of the molecule is COC1(CN)CCc2c(C)cc(C)cc21. The van der Waals surface area contributed by atoms with E-state index in [0.29, 0.717) is 6.54 Å². The number of benzene rings is 1. The second-order valence-electron chi connectivity index (χ2n) is 4.51. The molecule has 0 aliphatic heterocycles. The summed E-state index contributed by atoms with van der Waals surface area (Å²) in [4.78, 5) is 0. The van der Waals surface area contributed by atoms with Gasteiger partial charge in [-0.1, -0.05) is 17.7 Å². The van der Waals surface area contributed by atoms with Crippen LogP contribution in [-0.4, -0.2) is 13.7 Å². The van der Waals surface area contributed by atoms with E-state index in [1.807, 2.05) is 0 Å². The third kappa shape index (κ3) is 1.48. The average molecular weight is 205 g/mol. The molecule has 1 aliphatic rings. The van der Waals surface area contributed by atoms with Crippen LogP contribution in [0.3, 0.4) is 0 Å². The van der Waals surface area contributed by atoms with Crippen molar-refractivity contribution in [1.29, 1.82) is 0 Å². The van der Waals surface area contributed by atoms with E-state index in [1.165, 1.54) is 22.3 Å². The zero-order valence-electron chi connectivity index (χ0n) is 9.76. The van der Waals surface area contributed by atoms with Crippen molar-refractivity contribution in [1.82, 2.24) is 0 Å². The first kappa shape index (κ1) is 10.7. The van der Waals surface area contributed by atoms with Crippen molar-refractivity contribution < 1.29 is 4.74 Å². The van der Waals surface area contributed by atoms with Gasteiger partial charge in [0.25, 0.3) is 0 Å². The molecular weight excluding hydrogens is 186 g/mol. The Morgan fingerprint density at radius 3 is 2.73 bits per heavy atom. The first-order valence-corrected chi connectivity index (χ1v) is 5.49. The first-order valence-electron chi connectivity index (χ1n) is 5.49. The molecule has 0 spiro atoms. The third-order valence-electron chi connectivity index (χ3n) is 3.61. The fourth-order valence-electron chi connectivity index (χ4n) is 2.70. The van der Waals surface area contributed by atoms with Crippen molar-refractivity contribution in [2.75, 3.05) is 13.7 Å². The Hall–Kier alpha value is -0.860. The van der Waals surface area contributed by atoms with Crippen LogP contribution in [0.1, 0.15) is 28.7 Å². The molecule has 2 heteroatoms. The van der Waals surface area contributed by atoms with E-state index >= 15 is 0 Å². The van der Waals surface area contributed by atoms with Crippen LogP contribution >= 0.6 is 0 Å². The smallest absolute Gasteiger partial charge is 0.105 e. The summed E-state index contributed by atoms with van der Waals surface area (Å²) in [6.45, 7) is 4.87. The Morgan fingerprint density at radius 1 is 1.40 bits per heavy atom. The highest BCUT2D eigenvalue weighted by Gasteiger charge is 2.38. The minimum Gasteiger partial charge on any atom is -0.372 e. The molecule has 0 fully saturated rings. The molecule has 2 N–H and O–H groups in total. The lowest BCUT2D eigenvalue weighted by molar-refractivity contribution is -0.00517. The summed E-state index contributed by atoms with van der Waals surface area (Å²) in [5.41, 5.74) is 11.1. The third-order valence-corrected chi connectivity index (χ3v) is 3.61. The highest BCUT2D eigenvalue weighted by Crippen LogP contribution is 2.40. The van der Waals surface area contributed by atoms with Crippen LogP contribution in [0.25, 0.3) is 0 Å². The van der Waals surface area contributed by atoms with E-state index in [0.717, 1.165) is 12.8 Å². The van der Waals surface area contributed by atoms with Crippen LogP contribution in [0.15, 0.2) is 12.1 Å². The van der Waals surface area contributed by atoms with Crippen molar-refractivity contribution in [2.45, 2.75) is 32.3 Å². The molecular formula is C13H19NO. The second-order valence-corrected chi connectivity index (χ2v) is 4.51. The van der Waals surface area contributed by atoms with Crippen LogP contribution < -0.4 is 5.73 Å². The van der Waals surface area contributed by atoms with Gasteiger partial charge >= 0.3 is 0 Å². The Balaban J connectivity index is 2.59. The molecule has 0 bridgehead atoms.